The molecule has 1 aromatic carbocycles. The summed E-state index contributed by atoms with van der Waals surface area (Å²) in [6, 6.07) is 4.68. The van der Waals surface area contributed by atoms with Gasteiger partial charge in [0.2, 0.25) is 0 Å². The van der Waals surface area contributed by atoms with Gasteiger partial charge in [0.15, 0.2) is 0 Å². The number of imidazole rings is 1. The molecule has 2 aromatic rings. The number of phenols is 1. The first-order chi connectivity index (χ1) is 7.76. The Morgan fingerprint density at radius 3 is 2.94 bits per heavy atom. The number of carbonyl (C=O) groups is 1. The highest BCUT2D eigenvalue weighted by Crippen LogP contribution is 2.23. The summed E-state index contributed by atoms with van der Waals surface area (Å²) in [6.07, 6.45) is 3.98. The maximum Gasteiger partial charge on any atom is 0.150 e. The summed E-state index contributed by atoms with van der Waals surface area (Å²) >= 11 is 5.71. The molecule has 0 spiro atoms. The second kappa shape index (κ2) is 4.37. The number of carbonyl (C=O) groups excluding carboxylic acids is 1. The Bertz CT molecular complexity index is 522. The third-order valence-corrected chi connectivity index (χ3v) is 2.47. The molecule has 0 fully saturated rings. The molecule has 0 aliphatic rings. The summed E-state index contributed by atoms with van der Waals surface area (Å²) in [5, 5.41) is 9.76. The Hall–Kier alpha value is -1.81. The van der Waals surface area contributed by atoms with Crippen molar-refractivity contribution in [3.63, 3.8) is 0 Å². The van der Waals surface area contributed by atoms with E-state index >= 15 is 0 Å². The quantitative estimate of drug-likeness (QED) is 0.656. The van der Waals surface area contributed by atoms with Crippen LogP contribution < -0.4 is 0 Å². The van der Waals surface area contributed by atoms with Crippen molar-refractivity contribution in [3.05, 3.63) is 42.0 Å². The monoisotopic (exact) mass is 236 g/mol. The van der Waals surface area contributed by atoms with Gasteiger partial charge in [0.25, 0.3) is 0 Å². The lowest BCUT2D eigenvalue weighted by Gasteiger charge is -2.08. The largest absolute Gasteiger partial charge is 0.506 e. The standard InChI is InChI=1S/C11H9ClN2O2/c12-6-11-13-3-4-14(11)9-2-1-8(7-15)5-10(9)16/h1-5,7,16H,6H2. The molecule has 82 valence electrons. The lowest BCUT2D eigenvalue weighted by Crippen LogP contribution is -1.98. The number of hydrogen-bond acceptors (Lipinski definition) is 3. The van der Waals surface area contributed by atoms with Crippen molar-refractivity contribution in [3.8, 4) is 11.4 Å². The maximum atomic E-state index is 10.5. The van der Waals surface area contributed by atoms with E-state index in [4.69, 9.17) is 11.6 Å². The highest BCUT2D eigenvalue weighted by atomic mass is 35.5. The van der Waals surface area contributed by atoms with Gasteiger partial charge in [0, 0.05) is 18.0 Å². The zero-order chi connectivity index (χ0) is 11.5. The molecule has 1 aromatic heterocycles. The molecule has 16 heavy (non-hydrogen) atoms. The second-order valence-corrected chi connectivity index (χ2v) is 3.48. The van der Waals surface area contributed by atoms with Crippen LogP contribution in [0.2, 0.25) is 0 Å². The van der Waals surface area contributed by atoms with E-state index < -0.39 is 0 Å². The zero-order valence-electron chi connectivity index (χ0n) is 8.30. The Labute approximate surface area is 97.1 Å². The Kier molecular flexibility index (Phi) is 2.92. The van der Waals surface area contributed by atoms with Crippen LogP contribution in [0.4, 0.5) is 0 Å². The van der Waals surface area contributed by atoms with E-state index in [0.29, 0.717) is 23.4 Å². The summed E-state index contributed by atoms with van der Waals surface area (Å²) in [4.78, 5) is 14.6. The molecule has 0 aliphatic heterocycles. The van der Waals surface area contributed by atoms with Crippen molar-refractivity contribution in [2.45, 2.75) is 5.88 Å². The Balaban J connectivity index is 2.52. The van der Waals surface area contributed by atoms with Gasteiger partial charge in [0.1, 0.15) is 17.9 Å². The molecular formula is C11H9ClN2O2. The number of halogens is 1. The SMILES string of the molecule is O=Cc1ccc(-n2ccnc2CCl)c(O)c1. The average molecular weight is 237 g/mol. The fourth-order valence-corrected chi connectivity index (χ4v) is 1.67. The second-order valence-electron chi connectivity index (χ2n) is 3.21. The van der Waals surface area contributed by atoms with Crippen LogP contribution in [0.3, 0.4) is 0 Å². The molecule has 0 saturated heterocycles. The normalized spacial score (nSPS) is 10.3. The number of nitrogens with zero attached hydrogens (tertiary/aromatic N) is 2. The van der Waals surface area contributed by atoms with E-state index in [1.165, 1.54) is 6.07 Å². The van der Waals surface area contributed by atoms with E-state index in [2.05, 4.69) is 4.98 Å². The first-order valence-corrected chi connectivity index (χ1v) is 5.16. The van der Waals surface area contributed by atoms with Gasteiger partial charge in [-0.05, 0) is 18.2 Å². The molecule has 0 atom stereocenters. The van der Waals surface area contributed by atoms with E-state index in [1.807, 2.05) is 0 Å². The summed E-state index contributed by atoms with van der Waals surface area (Å²) in [5.41, 5.74) is 0.979. The number of aromatic hydroxyl groups is 1. The Morgan fingerprint density at radius 1 is 1.50 bits per heavy atom. The minimum atomic E-state index is 0.0222. The highest BCUT2D eigenvalue weighted by Gasteiger charge is 2.08. The predicted molar refractivity (Wildman–Crippen MR) is 60.2 cm³/mol. The highest BCUT2D eigenvalue weighted by molar-refractivity contribution is 6.16. The van der Waals surface area contributed by atoms with Gasteiger partial charge in [-0.3, -0.25) is 9.36 Å². The van der Waals surface area contributed by atoms with Gasteiger partial charge in [-0.25, -0.2) is 4.98 Å². The van der Waals surface area contributed by atoms with Crippen molar-refractivity contribution in [1.82, 2.24) is 9.55 Å². The summed E-state index contributed by atoms with van der Waals surface area (Å²) in [5.74, 6) is 0.909. The minimum Gasteiger partial charge on any atom is -0.506 e. The third kappa shape index (κ3) is 1.79. The lowest BCUT2D eigenvalue weighted by atomic mass is 10.2. The maximum absolute atomic E-state index is 10.5. The number of aldehydes is 1. The fourth-order valence-electron chi connectivity index (χ4n) is 1.47. The van der Waals surface area contributed by atoms with Crippen LogP contribution >= 0.6 is 11.6 Å². The van der Waals surface area contributed by atoms with Gasteiger partial charge >= 0.3 is 0 Å². The van der Waals surface area contributed by atoms with Crippen LogP contribution in [0.1, 0.15) is 16.2 Å². The molecule has 0 unspecified atom stereocenters. The summed E-state index contributed by atoms with van der Waals surface area (Å²) in [6.45, 7) is 0. The van der Waals surface area contributed by atoms with Gasteiger partial charge in [0.05, 0.1) is 11.6 Å². The number of benzene rings is 1. The molecule has 1 N–H and O–H groups in total. The van der Waals surface area contributed by atoms with Crippen LogP contribution in [-0.2, 0) is 5.88 Å². The minimum absolute atomic E-state index is 0.0222. The van der Waals surface area contributed by atoms with Crippen molar-refractivity contribution < 1.29 is 9.90 Å². The van der Waals surface area contributed by atoms with Gasteiger partial charge < -0.3 is 5.11 Å². The average Bonchev–Trinajstić information content (AvgIpc) is 2.76. The summed E-state index contributed by atoms with van der Waals surface area (Å²) in [7, 11) is 0. The van der Waals surface area contributed by atoms with Gasteiger partial charge in [-0.2, -0.15) is 0 Å². The molecule has 0 bridgehead atoms. The molecule has 2 rings (SSSR count). The molecule has 0 saturated carbocycles. The molecule has 5 heteroatoms. The number of phenolic OH excluding ortho intramolecular Hbond substituents is 1. The van der Waals surface area contributed by atoms with Crippen molar-refractivity contribution in [2.24, 2.45) is 0 Å². The fraction of sp³-hybridized carbons (Fsp3) is 0.0909. The third-order valence-electron chi connectivity index (χ3n) is 2.23. The Morgan fingerprint density at radius 2 is 2.31 bits per heavy atom. The molecule has 0 amide bonds. The van der Waals surface area contributed by atoms with Crippen LogP contribution in [0.25, 0.3) is 5.69 Å². The molecular weight excluding hydrogens is 228 g/mol. The number of rotatable bonds is 3. The van der Waals surface area contributed by atoms with E-state index in [0.717, 1.165) is 0 Å². The number of hydrogen-bond donors (Lipinski definition) is 1. The van der Waals surface area contributed by atoms with Crippen LogP contribution in [0.15, 0.2) is 30.6 Å². The summed E-state index contributed by atoms with van der Waals surface area (Å²) < 4.78 is 1.68. The van der Waals surface area contributed by atoms with E-state index in [-0.39, 0.29) is 11.6 Å². The van der Waals surface area contributed by atoms with Crippen LogP contribution in [0.5, 0.6) is 5.75 Å². The first kappa shape index (κ1) is 10.7. The topological polar surface area (TPSA) is 55.1 Å². The van der Waals surface area contributed by atoms with E-state index in [1.54, 1.807) is 29.1 Å². The smallest absolute Gasteiger partial charge is 0.150 e. The van der Waals surface area contributed by atoms with Crippen LogP contribution in [0, 0.1) is 0 Å². The molecule has 1 heterocycles. The molecule has 0 radical (unpaired) electrons. The van der Waals surface area contributed by atoms with E-state index in [9.17, 15) is 9.90 Å². The van der Waals surface area contributed by atoms with Crippen molar-refractivity contribution in [2.75, 3.05) is 0 Å². The molecule has 0 aliphatic carbocycles. The zero-order valence-corrected chi connectivity index (χ0v) is 9.05. The van der Waals surface area contributed by atoms with Gasteiger partial charge in [-0.15, -0.1) is 11.6 Å². The first-order valence-electron chi connectivity index (χ1n) is 4.63. The lowest BCUT2D eigenvalue weighted by molar-refractivity contribution is 0.112. The van der Waals surface area contributed by atoms with Crippen molar-refractivity contribution >= 4 is 17.9 Å². The molecule has 4 nitrogen and oxygen atoms in total. The number of aromatic nitrogens is 2. The van der Waals surface area contributed by atoms with Crippen LogP contribution in [-0.4, -0.2) is 20.9 Å². The number of alkyl halides is 1. The van der Waals surface area contributed by atoms with Crippen molar-refractivity contribution in [1.29, 1.82) is 0 Å². The predicted octanol–water partition coefficient (Wildman–Crippen LogP) is 2.13. The van der Waals surface area contributed by atoms with Gasteiger partial charge in [-0.1, -0.05) is 0 Å².